The number of hydrogen-bond acceptors (Lipinski definition) is 4. The zero-order valence-electron chi connectivity index (χ0n) is 8.36. The van der Waals surface area contributed by atoms with Crippen molar-refractivity contribution >= 4 is 16.3 Å². The molecular formula is C10H7F3N2OS. The molecule has 0 fully saturated rings. The fraction of sp³-hybridized carbons (Fsp3) is 0.100. The minimum Gasteiger partial charge on any atom is -0.431 e. The van der Waals surface area contributed by atoms with Gasteiger partial charge in [-0.25, -0.2) is 4.98 Å². The van der Waals surface area contributed by atoms with Gasteiger partial charge in [-0.2, -0.15) is 13.2 Å². The monoisotopic (exact) mass is 260 g/mol. The number of nitrogen functional groups attached to an aromatic ring is 1. The number of hydrogen-bond donors (Lipinski definition) is 1. The largest absolute Gasteiger partial charge is 0.431 e. The average molecular weight is 260 g/mol. The van der Waals surface area contributed by atoms with Gasteiger partial charge >= 0.3 is 6.18 Å². The predicted molar refractivity (Wildman–Crippen MR) is 58.0 cm³/mol. The lowest BCUT2D eigenvalue weighted by atomic mass is 10.2. The first-order valence-corrected chi connectivity index (χ1v) is 5.33. The van der Waals surface area contributed by atoms with Crippen molar-refractivity contribution < 1.29 is 17.9 Å². The number of aromatic nitrogens is 1. The highest BCUT2D eigenvalue weighted by Gasteiger charge is 2.30. The van der Waals surface area contributed by atoms with Crippen LogP contribution in [0.25, 0.3) is 0 Å². The Morgan fingerprint density at radius 3 is 2.29 bits per heavy atom. The summed E-state index contributed by atoms with van der Waals surface area (Å²) in [5.41, 5.74) is 4.72. The van der Waals surface area contributed by atoms with E-state index >= 15 is 0 Å². The van der Waals surface area contributed by atoms with Crippen LogP contribution >= 0.6 is 11.3 Å². The minimum atomic E-state index is -4.34. The molecule has 0 saturated carbocycles. The van der Waals surface area contributed by atoms with E-state index in [4.69, 9.17) is 10.5 Å². The number of anilines is 1. The van der Waals surface area contributed by atoms with Crippen LogP contribution in [0.4, 0.5) is 18.2 Å². The van der Waals surface area contributed by atoms with Crippen molar-refractivity contribution in [2.75, 3.05) is 5.73 Å². The number of ether oxygens (including phenoxy) is 1. The van der Waals surface area contributed by atoms with E-state index in [1.165, 1.54) is 18.3 Å². The van der Waals surface area contributed by atoms with E-state index in [1.54, 1.807) is 0 Å². The molecule has 2 aromatic rings. The van der Waals surface area contributed by atoms with Gasteiger partial charge in [-0.1, -0.05) is 11.3 Å². The molecule has 7 heteroatoms. The summed E-state index contributed by atoms with van der Waals surface area (Å²) in [4.78, 5) is 3.83. The quantitative estimate of drug-likeness (QED) is 0.898. The van der Waals surface area contributed by atoms with Gasteiger partial charge in [0.05, 0.1) is 11.8 Å². The number of rotatable bonds is 2. The highest BCUT2D eigenvalue weighted by Crippen LogP contribution is 2.32. The third-order valence-electron chi connectivity index (χ3n) is 1.89. The molecule has 17 heavy (non-hydrogen) atoms. The standard InChI is InChI=1S/C10H7F3N2OS/c11-10(12,13)6-1-3-7(4-2-6)16-9-15-5-8(14)17-9/h1-5H,14H2. The Balaban J connectivity index is 2.13. The summed E-state index contributed by atoms with van der Waals surface area (Å²) in [7, 11) is 0. The normalized spacial score (nSPS) is 11.5. The Morgan fingerprint density at radius 2 is 1.82 bits per heavy atom. The molecule has 1 aromatic carbocycles. The van der Waals surface area contributed by atoms with Crippen molar-refractivity contribution in [1.29, 1.82) is 0 Å². The molecule has 1 aromatic heterocycles. The molecule has 0 saturated heterocycles. The van der Waals surface area contributed by atoms with Gasteiger partial charge in [0.15, 0.2) is 0 Å². The number of nitrogens with two attached hydrogens (primary N) is 1. The van der Waals surface area contributed by atoms with Crippen LogP contribution in [0.2, 0.25) is 0 Å². The lowest BCUT2D eigenvalue weighted by molar-refractivity contribution is -0.137. The van der Waals surface area contributed by atoms with E-state index in [2.05, 4.69) is 4.98 Å². The van der Waals surface area contributed by atoms with E-state index in [0.29, 0.717) is 10.2 Å². The zero-order valence-corrected chi connectivity index (χ0v) is 9.18. The van der Waals surface area contributed by atoms with Gasteiger partial charge in [0, 0.05) is 0 Å². The van der Waals surface area contributed by atoms with Crippen molar-refractivity contribution in [3.8, 4) is 10.9 Å². The third kappa shape index (κ3) is 2.88. The summed E-state index contributed by atoms with van der Waals surface area (Å²) < 4.78 is 42.1. The molecule has 0 radical (unpaired) electrons. The Labute approximate surface area is 98.7 Å². The van der Waals surface area contributed by atoms with Gasteiger partial charge in [0.2, 0.25) is 0 Å². The molecule has 0 bridgehead atoms. The molecule has 0 spiro atoms. The van der Waals surface area contributed by atoms with Crippen LogP contribution in [0.15, 0.2) is 30.5 Å². The van der Waals surface area contributed by atoms with E-state index in [0.717, 1.165) is 23.5 Å². The number of benzene rings is 1. The van der Waals surface area contributed by atoms with Gasteiger partial charge < -0.3 is 10.5 Å². The summed E-state index contributed by atoms with van der Waals surface area (Å²) in [5, 5.41) is 0.772. The average Bonchev–Trinajstić information content (AvgIpc) is 2.63. The molecule has 2 rings (SSSR count). The maximum Gasteiger partial charge on any atom is 0.416 e. The van der Waals surface area contributed by atoms with E-state index in [1.807, 2.05) is 0 Å². The number of thiazole rings is 1. The van der Waals surface area contributed by atoms with Gasteiger partial charge in [-0.05, 0) is 24.3 Å². The lowest BCUT2D eigenvalue weighted by Crippen LogP contribution is -2.03. The van der Waals surface area contributed by atoms with Crippen molar-refractivity contribution in [3.63, 3.8) is 0 Å². The number of alkyl halides is 3. The van der Waals surface area contributed by atoms with Crippen LogP contribution in [0.1, 0.15) is 5.56 Å². The highest BCUT2D eigenvalue weighted by atomic mass is 32.1. The van der Waals surface area contributed by atoms with Gasteiger partial charge in [0.1, 0.15) is 10.8 Å². The second-order valence-corrected chi connectivity index (χ2v) is 4.18. The van der Waals surface area contributed by atoms with Crippen LogP contribution in [-0.4, -0.2) is 4.98 Å². The highest BCUT2D eigenvalue weighted by molar-refractivity contribution is 7.17. The molecule has 0 atom stereocenters. The second-order valence-electron chi connectivity index (χ2n) is 3.15. The van der Waals surface area contributed by atoms with Gasteiger partial charge in [0.25, 0.3) is 5.19 Å². The van der Waals surface area contributed by atoms with Crippen LogP contribution in [0.5, 0.6) is 10.9 Å². The third-order valence-corrected chi connectivity index (χ3v) is 2.59. The minimum absolute atomic E-state index is 0.285. The summed E-state index contributed by atoms with van der Waals surface area (Å²) >= 11 is 1.11. The molecule has 0 aliphatic heterocycles. The summed E-state index contributed by atoms with van der Waals surface area (Å²) in [6.07, 6.45) is -2.92. The van der Waals surface area contributed by atoms with Crippen LogP contribution in [-0.2, 0) is 6.18 Å². The summed E-state index contributed by atoms with van der Waals surface area (Å²) in [6, 6.07) is 4.37. The maximum atomic E-state index is 12.3. The Morgan fingerprint density at radius 1 is 1.18 bits per heavy atom. The van der Waals surface area contributed by atoms with Crippen molar-refractivity contribution in [2.45, 2.75) is 6.18 Å². The van der Waals surface area contributed by atoms with E-state index < -0.39 is 11.7 Å². The predicted octanol–water partition coefficient (Wildman–Crippen LogP) is 3.54. The Kier molecular flexibility index (Phi) is 2.93. The first kappa shape index (κ1) is 11.7. The van der Waals surface area contributed by atoms with Crippen LogP contribution < -0.4 is 10.5 Å². The van der Waals surface area contributed by atoms with Gasteiger partial charge in [-0.3, -0.25) is 0 Å². The smallest absolute Gasteiger partial charge is 0.416 e. The molecule has 0 amide bonds. The molecule has 90 valence electrons. The molecule has 3 nitrogen and oxygen atoms in total. The van der Waals surface area contributed by atoms with Crippen molar-refractivity contribution in [1.82, 2.24) is 4.98 Å². The molecule has 2 N–H and O–H groups in total. The maximum absolute atomic E-state index is 12.3. The topological polar surface area (TPSA) is 48.1 Å². The number of halogens is 3. The van der Waals surface area contributed by atoms with Crippen LogP contribution in [0, 0.1) is 0 Å². The first-order valence-electron chi connectivity index (χ1n) is 4.51. The van der Waals surface area contributed by atoms with Gasteiger partial charge in [-0.15, -0.1) is 0 Å². The zero-order chi connectivity index (χ0) is 12.5. The molecule has 1 heterocycles. The molecular weight excluding hydrogens is 253 g/mol. The van der Waals surface area contributed by atoms with Crippen molar-refractivity contribution in [2.24, 2.45) is 0 Å². The summed E-state index contributed by atoms with van der Waals surface area (Å²) in [6.45, 7) is 0. The molecule has 0 aliphatic carbocycles. The van der Waals surface area contributed by atoms with Crippen molar-refractivity contribution in [3.05, 3.63) is 36.0 Å². The fourth-order valence-corrected chi connectivity index (χ4v) is 1.68. The second kappa shape index (κ2) is 4.25. The molecule has 0 aliphatic rings. The fourth-order valence-electron chi connectivity index (χ4n) is 1.13. The Hall–Kier alpha value is -1.76. The SMILES string of the molecule is Nc1cnc(Oc2ccc(C(F)(F)F)cc2)s1. The van der Waals surface area contributed by atoms with E-state index in [9.17, 15) is 13.2 Å². The Bertz CT molecular complexity index is 507. The van der Waals surface area contributed by atoms with E-state index in [-0.39, 0.29) is 5.75 Å². The molecule has 0 unspecified atom stereocenters. The summed E-state index contributed by atoms with van der Waals surface area (Å²) in [5.74, 6) is 0.285. The van der Waals surface area contributed by atoms with Crippen LogP contribution in [0.3, 0.4) is 0 Å². The first-order chi connectivity index (χ1) is 7.95. The number of nitrogens with zero attached hydrogens (tertiary/aromatic N) is 1. The lowest BCUT2D eigenvalue weighted by Gasteiger charge is -2.07.